The molecule has 108 valence electrons. The third kappa shape index (κ3) is 6.03. The molecule has 1 N–H and O–H groups in total. The van der Waals surface area contributed by atoms with Crippen LogP contribution in [-0.4, -0.2) is 28.0 Å². The number of halogens is 1. The van der Waals surface area contributed by atoms with E-state index in [1.54, 1.807) is 12.1 Å². The molecule has 0 saturated heterocycles. The number of carbonyl (C=O) groups is 1. The van der Waals surface area contributed by atoms with E-state index in [4.69, 9.17) is 0 Å². The summed E-state index contributed by atoms with van der Waals surface area (Å²) in [6.45, 7) is 0.374. The Hall–Kier alpha value is -0.440. The highest BCUT2D eigenvalue weighted by atomic mass is 79.9. The summed E-state index contributed by atoms with van der Waals surface area (Å²) in [5.41, 5.74) is 0. The van der Waals surface area contributed by atoms with Crippen molar-refractivity contribution < 1.29 is 17.9 Å². The highest BCUT2D eigenvalue weighted by molar-refractivity contribution is 9.11. The van der Waals surface area contributed by atoms with E-state index in [9.17, 15) is 13.2 Å². The van der Waals surface area contributed by atoms with Crippen LogP contribution in [0.5, 0.6) is 0 Å². The van der Waals surface area contributed by atoms with Gasteiger partial charge in [0.25, 0.3) is 0 Å². The second kappa shape index (κ2) is 7.98. The monoisotopic (exact) mass is 369 g/mol. The number of carbonyl (C=O) groups excluding carboxylic acids is 1. The van der Waals surface area contributed by atoms with Gasteiger partial charge in [0.1, 0.15) is 4.21 Å². The molecule has 0 fully saturated rings. The molecule has 19 heavy (non-hydrogen) atoms. The second-order valence-electron chi connectivity index (χ2n) is 3.84. The van der Waals surface area contributed by atoms with Gasteiger partial charge in [0.15, 0.2) is 0 Å². The molecule has 8 heteroatoms. The first-order chi connectivity index (χ1) is 8.95. The third-order valence-corrected chi connectivity index (χ3v) is 5.97. The molecule has 1 aromatic rings. The van der Waals surface area contributed by atoms with E-state index < -0.39 is 10.0 Å². The van der Waals surface area contributed by atoms with Gasteiger partial charge < -0.3 is 4.74 Å². The number of ether oxygens (including phenoxy) is 1. The second-order valence-corrected chi connectivity index (χ2v) is 8.30. The van der Waals surface area contributed by atoms with Crippen LogP contribution in [0, 0.1) is 0 Å². The molecule has 0 aliphatic rings. The third-order valence-electron chi connectivity index (χ3n) is 2.39. The van der Waals surface area contributed by atoms with Gasteiger partial charge in [0.2, 0.25) is 10.0 Å². The van der Waals surface area contributed by atoms with E-state index >= 15 is 0 Å². The fraction of sp³-hybridized carbons (Fsp3) is 0.545. The maximum atomic E-state index is 11.8. The smallest absolute Gasteiger partial charge is 0.305 e. The zero-order valence-corrected chi connectivity index (χ0v) is 13.7. The molecule has 0 amide bonds. The first kappa shape index (κ1) is 16.6. The number of thiophene rings is 1. The van der Waals surface area contributed by atoms with Crippen LogP contribution in [0.15, 0.2) is 20.1 Å². The molecular formula is C11H16BrNO4S2. The zero-order valence-electron chi connectivity index (χ0n) is 10.5. The van der Waals surface area contributed by atoms with Crippen LogP contribution >= 0.6 is 27.3 Å². The molecule has 0 saturated carbocycles. The van der Waals surface area contributed by atoms with Gasteiger partial charge in [-0.25, -0.2) is 13.1 Å². The van der Waals surface area contributed by atoms with Crippen molar-refractivity contribution in [2.75, 3.05) is 13.7 Å². The van der Waals surface area contributed by atoms with Crippen LogP contribution < -0.4 is 4.72 Å². The minimum atomic E-state index is -3.40. The van der Waals surface area contributed by atoms with Gasteiger partial charge in [-0.2, -0.15) is 0 Å². The van der Waals surface area contributed by atoms with Crippen LogP contribution in [0.1, 0.15) is 25.7 Å². The number of hydrogen-bond donors (Lipinski definition) is 1. The average molecular weight is 370 g/mol. The Labute approximate surface area is 125 Å². The number of nitrogens with one attached hydrogen (secondary N) is 1. The fourth-order valence-corrected chi connectivity index (χ4v) is 4.52. The van der Waals surface area contributed by atoms with Crippen molar-refractivity contribution in [1.29, 1.82) is 0 Å². The van der Waals surface area contributed by atoms with Crippen molar-refractivity contribution >= 4 is 43.3 Å². The summed E-state index contributed by atoms with van der Waals surface area (Å²) in [5.74, 6) is -0.232. The van der Waals surface area contributed by atoms with E-state index in [1.807, 2.05) is 0 Å². The standard InChI is InChI=1S/C11H16BrNO4S2/c1-17-10(14)5-3-2-4-8-13-19(15,16)11-7-6-9(12)18-11/h6-7,13H,2-5,8H2,1H3. The Kier molecular flexibility index (Phi) is 6.98. The van der Waals surface area contributed by atoms with E-state index in [2.05, 4.69) is 25.4 Å². The Morgan fingerprint density at radius 1 is 1.37 bits per heavy atom. The van der Waals surface area contributed by atoms with E-state index in [1.165, 1.54) is 18.4 Å². The van der Waals surface area contributed by atoms with Gasteiger partial charge in [-0.3, -0.25) is 4.79 Å². The van der Waals surface area contributed by atoms with Gasteiger partial charge in [-0.1, -0.05) is 6.42 Å². The molecule has 0 aliphatic heterocycles. The van der Waals surface area contributed by atoms with Crippen molar-refractivity contribution in [3.05, 3.63) is 15.9 Å². The van der Waals surface area contributed by atoms with Crippen molar-refractivity contribution in [2.24, 2.45) is 0 Å². The summed E-state index contributed by atoms with van der Waals surface area (Å²) in [5, 5.41) is 0. The normalized spacial score (nSPS) is 11.5. The molecular weight excluding hydrogens is 354 g/mol. The van der Waals surface area contributed by atoms with Crippen molar-refractivity contribution in [3.63, 3.8) is 0 Å². The molecule has 0 bridgehead atoms. The highest BCUT2D eigenvalue weighted by Crippen LogP contribution is 2.25. The first-order valence-electron chi connectivity index (χ1n) is 5.77. The molecule has 0 spiro atoms. The lowest BCUT2D eigenvalue weighted by molar-refractivity contribution is -0.140. The Morgan fingerprint density at radius 3 is 2.68 bits per heavy atom. The SMILES string of the molecule is COC(=O)CCCCCNS(=O)(=O)c1ccc(Br)s1. The van der Waals surface area contributed by atoms with Crippen LogP contribution in [0.3, 0.4) is 0 Å². The quantitative estimate of drug-likeness (QED) is 0.564. The summed E-state index contributed by atoms with van der Waals surface area (Å²) in [6.07, 6.45) is 2.56. The van der Waals surface area contributed by atoms with Crippen molar-refractivity contribution in [2.45, 2.75) is 29.9 Å². The summed E-state index contributed by atoms with van der Waals surface area (Å²) in [7, 11) is -2.04. The molecule has 5 nitrogen and oxygen atoms in total. The first-order valence-corrected chi connectivity index (χ1v) is 8.87. The van der Waals surface area contributed by atoms with Gasteiger partial charge in [0.05, 0.1) is 10.9 Å². The van der Waals surface area contributed by atoms with Gasteiger partial charge >= 0.3 is 5.97 Å². The van der Waals surface area contributed by atoms with Gasteiger partial charge in [-0.15, -0.1) is 11.3 Å². The summed E-state index contributed by atoms with van der Waals surface area (Å²) in [4.78, 5) is 10.9. The highest BCUT2D eigenvalue weighted by Gasteiger charge is 2.15. The Bertz CT molecular complexity index is 513. The molecule has 1 heterocycles. The minimum absolute atomic E-state index is 0.232. The van der Waals surface area contributed by atoms with Gasteiger partial charge in [-0.05, 0) is 40.9 Å². The summed E-state index contributed by atoms with van der Waals surface area (Å²) in [6, 6.07) is 3.27. The topological polar surface area (TPSA) is 72.5 Å². The van der Waals surface area contributed by atoms with E-state index in [0.29, 0.717) is 30.0 Å². The van der Waals surface area contributed by atoms with Crippen LogP contribution in [-0.2, 0) is 19.6 Å². The van der Waals surface area contributed by atoms with Crippen LogP contribution in [0.4, 0.5) is 0 Å². The molecule has 1 aromatic heterocycles. The van der Waals surface area contributed by atoms with Crippen LogP contribution in [0.2, 0.25) is 0 Å². The molecule has 0 aromatic carbocycles. The number of unbranched alkanes of at least 4 members (excludes halogenated alkanes) is 2. The van der Waals surface area contributed by atoms with Crippen molar-refractivity contribution in [1.82, 2.24) is 4.72 Å². The predicted octanol–water partition coefficient (Wildman–Crippen LogP) is 2.52. The van der Waals surface area contributed by atoms with Crippen LogP contribution in [0.25, 0.3) is 0 Å². The average Bonchev–Trinajstić information content (AvgIpc) is 2.80. The molecule has 0 unspecified atom stereocenters. The number of rotatable bonds is 8. The fourth-order valence-electron chi connectivity index (χ4n) is 1.39. The molecule has 0 atom stereocenters. The summed E-state index contributed by atoms with van der Waals surface area (Å²) < 4.78 is 31.8. The lowest BCUT2D eigenvalue weighted by atomic mass is 10.2. The largest absolute Gasteiger partial charge is 0.469 e. The van der Waals surface area contributed by atoms with Crippen molar-refractivity contribution in [3.8, 4) is 0 Å². The molecule has 0 aliphatic carbocycles. The molecule has 0 radical (unpaired) electrons. The van der Waals surface area contributed by atoms with Gasteiger partial charge in [0, 0.05) is 13.0 Å². The number of hydrogen-bond acceptors (Lipinski definition) is 5. The Morgan fingerprint density at radius 2 is 2.11 bits per heavy atom. The minimum Gasteiger partial charge on any atom is -0.469 e. The summed E-state index contributed by atoms with van der Waals surface area (Å²) >= 11 is 4.40. The number of methoxy groups -OCH3 is 1. The maximum absolute atomic E-state index is 11.8. The van der Waals surface area contributed by atoms with E-state index in [0.717, 1.165) is 10.2 Å². The lowest BCUT2D eigenvalue weighted by Crippen LogP contribution is -2.24. The predicted molar refractivity (Wildman–Crippen MR) is 77.7 cm³/mol. The zero-order chi connectivity index (χ0) is 14.3. The lowest BCUT2D eigenvalue weighted by Gasteiger charge is -2.04. The molecule has 1 rings (SSSR count). The maximum Gasteiger partial charge on any atom is 0.305 e. The number of sulfonamides is 1. The number of esters is 1. The van der Waals surface area contributed by atoms with E-state index in [-0.39, 0.29) is 5.97 Å². The Balaban J connectivity index is 2.24.